The lowest BCUT2D eigenvalue weighted by atomic mass is 10.1. The summed E-state index contributed by atoms with van der Waals surface area (Å²) in [7, 11) is -2.36. The van der Waals surface area contributed by atoms with E-state index in [0.29, 0.717) is 34.1 Å². The lowest BCUT2D eigenvalue weighted by molar-refractivity contribution is -0.192. The van der Waals surface area contributed by atoms with E-state index in [9.17, 15) is 26.4 Å². The van der Waals surface area contributed by atoms with Crippen molar-refractivity contribution in [2.75, 3.05) is 18.4 Å². The van der Waals surface area contributed by atoms with Crippen molar-refractivity contribution >= 4 is 61.6 Å². The molecule has 4 aromatic rings. The fourth-order valence-electron chi connectivity index (χ4n) is 4.41. The maximum atomic E-state index is 13.0. The molecule has 2 aromatic carbocycles. The Hall–Kier alpha value is -3.86. The summed E-state index contributed by atoms with van der Waals surface area (Å²) in [6.07, 6.45) is -3.22. The number of aromatic nitrogens is 2. The molecule has 0 aliphatic carbocycles. The second kappa shape index (κ2) is 13.8. The summed E-state index contributed by atoms with van der Waals surface area (Å²) >= 11 is 6.92. The van der Waals surface area contributed by atoms with Crippen LogP contribution in [0.5, 0.6) is 5.75 Å². The second-order valence-corrected chi connectivity index (χ2v) is 13.1. The first-order valence-corrected chi connectivity index (χ1v) is 15.7. The SMILES string of the molecule is COc1cccc2c1c(NS(=O)(=O)c1ccc(Cl)s1)nn2Cc1cccc(CNC(=O)[C@H]2CCCN2)c1.O=C(O)C(F)(F)F. The quantitative estimate of drug-likeness (QED) is 0.201. The molecule has 44 heavy (non-hydrogen) atoms. The summed E-state index contributed by atoms with van der Waals surface area (Å²) in [6, 6.07) is 16.2. The first-order chi connectivity index (χ1) is 20.8. The molecule has 1 amide bonds. The molecule has 0 spiro atoms. The Morgan fingerprint density at radius 2 is 1.89 bits per heavy atom. The molecular weight excluding hydrogens is 647 g/mol. The predicted octanol–water partition coefficient (Wildman–Crippen LogP) is 4.61. The number of sulfonamides is 1. The van der Waals surface area contributed by atoms with Crippen LogP contribution >= 0.6 is 22.9 Å². The van der Waals surface area contributed by atoms with Crippen molar-refractivity contribution in [3.05, 3.63) is 70.1 Å². The second-order valence-electron chi connectivity index (χ2n) is 9.51. The number of carbonyl (C=O) groups is 2. The van der Waals surface area contributed by atoms with Crippen molar-refractivity contribution in [2.24, 2.45) is 0 Å². The number of thiophene rings is 1. The topological polar surface area (TPSA) is 152 Å². The van der Waals surface area contributed by atoms with Gasteiger partial charge in [0.2, 0.25) is 5.91 Å². The number of anilines is 1. The zero-order chi connectivity index (χ0) is 32.1. The minimum Gasteiger partial charge on any atom is -0.496 e. The molecule has 4 N–H and O–H groups in total. The highest BCUT2D eigenvalue weighted by Crippen LogP contribution is 2.35. The number of alkyl halides is 3. The number of fused-ring (bicyclic) bond motifs is 1. The van der Waals surface area contributed by atoms with Crippen LogP contribution in [-0.2, 0) is 32.7 Å². The van der Waals surface area contributed by atoms with Gasteiger partial charge in [-0.1, -0.05) is 41.9 Å². The molecule has 1 aliphatic rings. The molecule has 11 nitrogen and oxygen atoms in total. The number of carbonyl (C=O) groups excluding carboxylic acids is 1. The van der Waals surface area contributed by atoms with Gasteiger partial charge in [0.05, 0.1) is 34.9 Å². The van der Waals surface area contributed by atoms with Crippen molar-refractivity contribution in [2.45, 2.75) is 42.4 Å². The number of methoxy groups -OCH3 is 1. The van der Waals surface area contributed by atoms with Gasteiger partial charge >= 0.3 is 12.1 Å². The van der Waals surface area contributed by atoms with Crippen LogP contribution in [0, 0.1) is 0 Å². The van der Waals surface area contributed by atoms with Gasteiger partial charge in [0.25, 0.3) is 10.0 Å². The number of aliphatic carboxylic acids is 1. The van der Waals surface area contributed by atoms with E-state index in [1.54, 1.807) is 10.7 Å². The van der Waals surface area contributed by atoms with Crippen molar-refractivity contribution in [1.29, 1.82) is 0 Å². The van der Waals surface area contributed by atoms with Crippen molar-refractivity contribution in [3.8, 4) is 5.75 Å². The number of hydrogen-bond donors (Lipinski definition) is 4. The fraction of sp³-hybridized carbons (Fsp3) is 0.296. The van der Waals surface area contributed by atoms with E-state index in [4.69, 9.17) is 26.2 Å². The molecule has 2 aromatic heterocycles. The lowest BCUT2D eigenvalue weighted by Gasteiger charge is -2.12. The van der Waals surface area contributed by atoms with Crippen LogP contribution in [0.25, 0.3) is 10.9 Å². The number of benzene rings is 2. The molecule has 1 aliphatic heterocycles. The van der Waals surface area contributed by atoms with Gasteiger partial charge < -0.3 is 20.5 Å². The monoisotopic (exact) mass is 673 g/mol. The third-order valence-electron chi connectivity index (χ3n) is 6.41. The summed E-state index contributed by atoms with van der Waals surface area (Å²) in [4.78, 5) is 21.3. The maximum absolute atomic E-state index is 13.0. The normalized spacial score (nSPS) is 15.0. The van der Waals surface area contributed by atoms with E-state index in [0.717, 1.165) is 41.9 Å². The van der Waals surface area contributed by atoms with Crippen LogP contribution in [0.4, 0.5) is 19.0 Å². The van der Waals surface area contributed by atoms with E-state index in [2.05, 4.69) is 20.5 Å². The van der Waals surface area contributed by atoms with Crippen LogP contribution in [0.15, 0.2) is 58.8 Å². The number of nitrogens with one attached hydrogen (secondary N) is 3. The fourth-order valence-corrected chi connectivity index (χ4v) is 6.90. The Morgan fingerprint density at radius 1 is 1.18 bits per heavy atom. The van der Waals surface area contributed by atoms with E-state index in [1.165, 1.54) is 19.2 Å². The van der Waals surface area contributed by atoms with Crippen LogP contribution < -0.4 is 20.1 Å². The van der Waals surface area contributed by atoms with Gasteiger partial charge in [0.1, 0.15) is 9.96 Å². The third kappa shape index (κ3) is 8.19. The number of ether oxygens (including phenoxy) is 1. The highest BCUT2D eigenvalue weighted by atomic mass is 35.5. The number of halogens is 4. The first-order valence-electron chi connectivity index (χ1n) is 13.0. The molecule has 0 radical (unpaired) electrons. The molecule has 1 fully saturated rings. The molecule has 1 atom stereocenters. The summed E-state index contributed by atoms with van der Waals surface area (Å²) in [5, 5.41) is 18.5. The molecule has 0 saturated carbocycles. The van der Waals surface area contributed by atoms with Gasteiger partial charge in [-0.15, -0.1) is 11.3 Å². The first kappa shape index (κ1) is 33.0. The highest BCUT2D eigenvalue weighted by Gasteiger charge is 2.38. The van der Waals surface area contributed by atoms with Gasteiger partial charge in [-0.05, 0) is 54.8 Å². The van der Waals surface area contributed by atoms with Gasteiger partial charge in [-0.3, -0.25) is 14.2 Å². The Bertz CT molecular complexity index is 1750. The molecule has 5 rings (SSSR count). The van der Waals surface area contributed by atoms with Crippen molar-refractivity contribution in [1.82, 2.24) is 20.4 Å². The highest BCUT2D eigenvalue weighted by molar-refractivity contribution is 7.94. The number of nitrogens with zero attached hydrogens (tertiary/aromatic N) is 2. The van der Waals surface area contributed by atoms with Crippen LogP contribution in [-0.4, -0.2) is 61.1 Å². The lowest BCUT2D eigenvalue weighted by Crippen LogP contribution is -2.40. The van der Waals surface area contributed by atoms with E-state index in [1.807, 2.05) is 36.4 Å². The third-order valence-corrected chi connectivity index (χ3v) is 9.48. The molecule has 236 valence electrons. The summed E-state index contributed by atoms with van der Waals surface area (Å²) in [5.74, 6) is -2.07. The van der Waals surface area contributed by atoms with Gasteiger partial charge in [-0.25, -0.2) is 13.2 Å². The molecule has 3 heterocycles. The minimum absolute atomic E-state index is 0.0111. The number of rotatable bonds is 9. The van der Waals surface area contributed by atoms with Crippen molar-refractivity contribution < 1.29 is 41.0 Å². The van der Waals surface area contributed by atoms with E-state index < -0.39 is 22.2 Å². The van der Waals surface area contributed by atoms with Crippen LogP contribution in [0.3, 0.4) is 0 Å². The summed E-state index contributed by atoms with van der Waals surface area (Å²) in [6.45, 7) is 1.69. The maximum Gasteiger partial charge on any atom is 0.490 e. The largest absolute Gasteiger partial charge is 0.496 e. The number of hydrogen-bond acceptors (Lipinski definition) is 8. The molecule has 0 unspecified atom stereocenters. The Balaban J connectivity index is 0.000000566. The average Bonchev–Trinajstić information content (AvgIpc) is 3.73. The van der Waals surface area contributed by atoms with Crippen LogP contribution in [0.1, 0.15) is 24.0 Å². The zero-order valence-corrected chi connectivity index (χ0v) is 25.4. The number of amides is 1. The zero-order valence-electron chi connectivity index (χ0n) is 23.0. The van der Waals surface area contributed by atoms with Gasteiger partial charge in [0.15, 0.2) is 5.82 Å². The summed E-state index contributed by atoms with van der Waals surface area (Å²) < 4.78 is 68.1. The van der Waals surface area contributed by atoms with E-state index in [-0.39, 0.29) is 22.0 Å². The molecular formula is C27H27ClF3N5O6S2. The van der Waals surface area contributed by atoms with Crippen LogP contribution in [0.2, 0.25) is 4.34 Å². The Kier molecular flexibility index (Phi) is 10.4. The molecule has 17 heteroatoms. The molecule has 0 bridgehead atoms. The molecule has 1 saturated heterocycles. The van der Waals surface area contributed by atoms with E-state index >= 15 is 0 Å². The van der Waals surface area contributed by atoms with Gasteiger partial charge in [0, 0.05) is 6.54 Å². The smallest absolute Gasteiger partial charge is 0.490 e. The van der Waals surface area contributed by atoms with Gasteiger partial charge in [-0.2, -0.15) is 18.3 Å². The minimum atomic E-state index is -5.08. The Labute approximate surface area is 259 Å². The summed E-state index contributed by atoms with van der Waals surface area (Å²) in [5.41, 5.74) is 2.64. The average molecular weight is 674 g/mol. The predicted molar refractivity (Wildman–Crippen MR) is 159 cm³/mol. The van der Waals surface area contributed by atoms with Crippen molar-refractivity contribution in [3.63, 3.8) is 0 Å². The number of carboxylic acids is 1. The standard InChI is InChI=1S/C25H26ClN5O4S2.C2HF3O2/c1-35-20-9-3-8-19-23(20)24(30-37(33,34)22-11-10-21(26)36-22)29-31(19)15-17-6-2-5-16(13-17)14-28-25(32)18-7-4-12-27-18;3-2(4,5)1(6)7/h2-3,5-6,8-11,13,18,27H,4,7,12,14-15H2,1H3,(H,28,32)(H,29,30);(H,6,7)/t18-;/m1./s1. The Morgan fingerprint density at radius 3 is 2.50 bits per heavy atom. The number of carboxylic acid groups (broad SMARTS) is 1.